The highest BCUT2D eigenvalue weighted by Crippen LogP contribution is 2.50. The normalized spacial score (nSPS) is 27.9. The lowest BCUT2D eigenvalue weighted by molar-refractivity contribution is 0.0666. The Balaban J connectivity index is 2.13. The quantitative estimate of drug-likeness (QED) is 0.724. The van der Waals surface area contributed by atoms with Crippen LogP contribution in [0.1, 0.15) is 56.1 Å². The largest absolute Gasteiger partial charge is 0.388 e. The minimum Gasteiger partial charge on any atom is -0.388 e. The molecule has 1 aromatic carbocycles. The van der Waals surface area contributed by atoms with Gasteiger partial charge in [-0.1, -0.05) is 39.8 Å². The van der Waals surface area contributed by atoms with Crippen LogP contribution in [0.4, 0.5) is 0 Å². The second-order valence-electron chi connectivity index (χ2n) is 7.36. The van der Waals surface area contributed by atoms with Gasteiger partial charge in [0.05, 0.1) is 6.10 Å². The molecule has 1 nitrogen and oxygen atoms in total. The van der Waals surface area contributed by atoms with Crippen LogP contribution < -0.4 is 0 Å². The van der Waals surface area contributed by atoms with Crippen LogP contribution in [0.2, 0.25) is 0 Å². The van der Waals surface area contributed by atoms with E-state index in [0.717, 1.165) is 6.42 Å². The van der Waals surface area contributed by atoms with Crippen LogP contribution in [0.15, 0.2) is 12.1 Å². The highest BCUT2D eigenvalue weighted by Gasteiger charge is 2.41. The van der Waals surface area contributed by atoms with E-state index in [1.54, 1.807) is 0 Å². The molecule has 0 radical (unpaired) electrons. The summed E-state index contributed by atoms with van der Waals surface area (Å²) < 4.78 is 0. The van der Waals surface area contributed by atoms with Crippen molar-refractivity contribution in [2.24, 2.45) is 10.8 Å². The molecule has 1 atom stereocenters. The van der Waals surface area contributed by atoms with E-state index in [9.17, 15) is 5.11 Å². The molecule has 0 aromatic heterocycles. The zero-order chi connectivity index (χ0) is 12.4. The van der Waals surface area contributed by atoms with Gasteiger partial charge in [0.1, 0.15) is 0 Å². The highest BCUT2D eigenvalue weighted by molar-refractivity contribution is 5.49. The van der Waals surface area contributed by atoms with Gasteiger partial charge in [-0.15, -0.1) is 0 Å². The number of rotatable bonds is 0. The topological polar surface area (TPSA) is 20.2 Å². The zero-order valence-electron chi connectivity index (χ0n) is 11.3. The van der Waals surface area contributed by atoms with Gasteiger partial charge in [0.2, 0.25) is 0 Å². The molecule has 0 amide bonds. The first-order valence-corrected chi connectivity index (χ1v) is 6.62. The summed E-state index contributed by atoms with van der Waals surface area (Å²) in [7, 11) is 0. The Bertz CT molecular complexity index is 483. The maximum absolute atomic E-state index is 10.4. The predicted molar refractivity (Wildman–Crippen MR) is 70.1 cm³/mol. The van der Waals surface area contributed by atoms with E-state index in [2.05, 4.69) is 39.8 Å². The van der Waals surface area contributed by atoms with E-state index < -0.39 is 0 Å². The van der Waals surface area contributed by atoms with Gasteiger partial charge in [0, 0.05) is 0 Å². The second kappa shape index (κ2) is 3.14. The number of hydrogen-bond donors (Lipinski definition) is 1. The lowest BCUT2D eigenvalue weighted by atomic mass is 9.86. The summed E-state index contributed by atoms with van der Waals surface area (Å²) in [6, 6.07) is 4.41. The maximum Gasteiger partial charge on any atom is 0.0846 e. The zero-order valence-corrected chi connectivity index (χ0v) is 11.3. The average Bonchev–Trinajstić information content (AvgIpc) is 2.62. The maximum atomic E-state index is 10.4. The fraction of sp³-hybridized carbons (Fsp3) is 0.625. The first-order valence-electron chi connectivity index (χ1n) is 6.62. The summed E-state index contributed by atoms with van der Waals surface area (Å²) in [4.78, 5) is 0. The summed E-state index contributed by atoms with van der Waals surface area (Å²) in [5.41, 5.74) is 6.09. The molecule has 1 unspecified atom stereocenters. The molecular formula is C16H22O. The van der Waals surface area contributed by atoms with Gasteiger partial charge in [0.15, 0.2) is 0 Å². The van der Waals surface area contributed by atoms with Crippen molar-refractivity contribution >= 4 is 0 Å². The van der Waals surface area contributed by atoms with E-state index in [4.69, 9.17) is 0 Å². The first kappa shape index (κ1) is 11.3. The molecule has 0 heterocycles. The van der Waals surface area contributed by atoms with Crippen molar-refractivity contribution in [3.63, 3.8) is 0 Å². The highest BCUT2D eigenvalue weighted by atomic mass is 16.3. The van der Waals surface area contributed by atoms with E-state index in [1.165, 1.54) is 35.1 Å². The standard InChI is InChI=1S/C16H22O/c1-15(2)7-10-5-6-11-13(12(10)8-15)9-16(3,4)14(11)17/h5-6,14,17H,7-9H2,1-4H3. The van der Waals surface area contributed by atoms with Crippen LogP contribution in [-0.4, -0.2) is 5.11 Å². The smallest absolute Gasteiger partial charge is 0.0846 e. The third-order valence-corrected chi connectivity index (χ3v) is 4.56. The second-order valence-corrected chi connectivity index (χ2v) is 7.36. The number of hydrogen-bond acceptors (Lipinski definition) is 1. The molecule has 0 saturated carbocycles. The van der Waals surface area contributed by atoms with E-state index >= 15 is 0 Å². The Morgan fingerprint density at radius 2 is 1.71 bits per heavy atom. The molecule has 1 heteroatoms. The molecule has 0 bridgehead atoms. The predicted octanol–water partition coefficient (Wildman–Crippen LogP) is 3.43. The lowest BCUT2D eigenvalue weighted by Gasteiger charge is -2.22. The van der Waals surface area contributed by atoms with Crippen molar-refractivity contribution in [3.05, 3.63) is 34.4 Å². The number of aliphatic hydroxyl groups is 1. The third-order valence-electron chi connectivity index (χ3n) is 4.56. The van der Waals surface area contributed by atoms with Crippen LogP contribution in [0, 0.1) is 10.8 Å². The number of benzene rings is 1. The van der Waals surface area contributed by atoms with Crippen molar-refractivity contribution in [1.29, 1.82) is 0 Å². The summed E-state index contributed by atoms with van der Waals surface area (Å²) in [5, 5.41) is 10.4. The van der Waals surface area contributed by atoms with E-state index in [-0.39, 0.29) is 11.5 Å². The SMILES string of the molecule is CC1(C)Cc2ccc3c(c2C1)CC(C)(C)C3O. The molecule has 2 aliphatic rings. The molecule has 92 valence electrons. The molecule has 1 aromatic rings. The Hall–Kier alpha value is -0.820. The Morgan fingerprint density at radius 1 is 1.00 bits per heavy atom. The average molecular weight is 230 g/mol. The molecule has 3 rings (SSSR count). The van der Waals surface area contributed by atoms with Crippen molar-refractivity contribution in [1.82, 2.24) is 0 Å². The van der Waals surface area contributed by atoms with Crippen LogP contribution in [0.25, 0.3) is 0 Å². The van der Waals surface area contributed by atoms with E-state index in [0.29, 0.717) is 5.41 Å². The van der Waals surface area contributed by atoms with Crippen molar-refractivity contribution in [3.8, 4) is 0 Å². The Kier molecular flexibility index (Phi) is 2.08. The molecule has 2 aliphatic carbocycles. The van der Waals surface area contributed by atoms with Crippen LogP contribution >= 0.6 is 0 Å². The minimum absolute atomic E-state index is 0.00416. The van der Waals surface area contributed by atoms with Gasteiger partial charge in [-0.05, 0) is 52.3 Å². The molecule has 0 aliphatic heterocycles. The molecule has 0 spiro atoms. The van der Waals surface area contributed by atoms with Gasteiger partial charge < -0.3 is 5.11 Å². The summed E-state index contributed by atoms with van der Waals surface area (Å²) in [6.07, 6.45) is 3.11. The van der Waals surface area contributed by atoms with Crippen molar-refractivity contribution < 1.29 is 5.11 Å². The molecule has 1 N–H and O–H groups in total. The monoisotopic (exact) mass is 230 g/mol. The fourth-order valence-electron chi connectivity index (χ4n) is 3.64. The summed E-state index contributed by atoms with van der Waals surface area (Å²) >= 11 is 0. The van der Waals surface area contributed by atoms with Gasteiger partial charge in [-0.3, -0.25) is 0 Å². The molecular weight excluding hydrogens is 208 g/mol. The number of aliphatic hydroxyl groups excluding tert-OH is 1. The molecule has 0 saturated heterocycles. The Morgan fingerprint density at radius 3 is 2.41 bits per heavy atom. The van der Waals surface area contributed by atoms with Crippen molar-refractivity contribution in [2.75, 3.05) is 0 Å². The fourth-order valence-corrected chi connectivity index (χ4v) is 3.64. The minimum atomic E-state index is -0.286. The van der Waals surface area contributed by atoms with Crippen LogP contribution in [0.5, 0.6) is 0 Å². The van der Waals surface area contributed by atoms with Gasteiger partial charge in [0.25, 0.3) is 0 Å². The first-order chi connectivity index (χ1) is 7.80. The van der Waals surface area contributed by atoms with Crippen LogP contribution in [-0.2, 0) is 19.3 Å². The molecule has 0 fully saturated rings. The van der Waals surface area contributed by atoms with Gasteiger partial charge in [-0.2, -0.15) is 0 Å². The lowest BCUT2D eigenvalue weighted by Crippen LogP contribution is -2.16. The van der Waals surface area contributed by atoms with Gasteiger partial charge >= 0.3 is 0 Å². The number of fused-ring (bicyclic) bond motifs is 3. The Labute approximate surface area is 104 Å². The van der Waals surface area contributed by atoms with E-state index in [1.807, 2.05) is 0 Å². The van der Waals surface area contributed by atoms with Gasteiger partial charge in [-0.25, -0.2) is 0 Å². The third kappa shape index (κ3) is 1.55. The molecule has 17 heavy (non-hydrogen) atoms. The summed E-state index contributed by atoms with van der Waals surface area (Å²) in [6.45, 7) is 9.03. The van der Waals surface area contributed by atoms with Crippen LogP contribution in [0.3, 0.4) is 0 Å². The summed E-state index contributed by atoms with van der Waals surface area (Å²) in [5.74, 6) is 0. The van der Waals surface area contributed by atoms with Crippen molar-refractivity contribution in [2.45, 2.75) is 53.1 Å².